The Kier molecular flexibility index (Phi) is 6.10. The molecule has 126 valence electrons. The van der Waals surface area contributed by atoms with Gasteiger partial charge in [0.15, 0.2) is 0 Å². The van der Waals surface area contributed by atoms with Crippen molar-refractivity contribution in [3.05, 3.63) is 35.6 Å². The van der Waals surface area contributed by atoms with Gasteiger partial charge in [-0.25, -0.2) is 4.39 Å². The minimum Gasteiger partial charge on any atom is -0.394 e. The number of benzene rings is 1. The number of rotatable bonds is 4. The molecule has 0 spiro atoms. The number of carbonyl (C=O) groups is 2. The van der Waals surface area contributed by atoms with Crippen molar-refractivity contribution < 1.29 is 19.1 Å². The van der Waals surface area contributed by atoms with Crippen molar-refractivity contribution in [1.29, 1.82) is 0 Å². The lowest BCUT2D eigenvalue weighted by Crippen LogP contribution is -2.50. The molecule has 1 unspecified atom stereocenters. The lowest BCUT2D eigenvalue weighted by molar-refractivity contribution is -0.134. The molecule has 1 fully saturated rings. The van der Waals surface area contributed by atoms with Crippen molar-refractivity contribution in [3.63, 3.8) is 0 Å². The van der Waals surface area contributed by atoms with Gasteiger partial charge in [0.1, 0.15) is 11.9 Å². The lowest BCUT2D eigenvalue weighted by atomic mass is 10.0. The second kappa shape index (κ2) is 8.06. The first-order valence-corrected chi connectivity index (χ1v) is 7.97. The number of hydrogen-bond acceptors (Lipinski definition) is 3. The second-order valence-corrected chi connectivity index (χ2v) is 6.08. The molecule has 2 rings (SSSR count). The fraction of sp³-hybridized carbons (Fsp3) is 0.529. The Balaban J connectivity index is 1.99. The maximum absolute atomic E-state index is 12.9. The van der Waals surface area contributed by atoms with E-state index in [-0.39, 0.29) is 11.5 Å². The average Bonchev–Trinajstić information content (AvgIpc) is 2.77. The summed E-state index contributed by atoms with van der Waals surface area (Å²) in [5.41, 5.74) is 0.252. The van der Waals surface area contributed by atoms with E-state index in [9.17, 15) is 19.1 Å². The van der Waals surface area contributed by atoms with E-state index in [1.165, 1.54) is 24.3 Å². The number of carbonyl (C=O) groups excluding carboxylic acids is 2. The van der Waals surface area contributed by atoms with E-state index in [0.717, 1.165) is 19.3 Å². The summed E-state index contributed by atoms with van der Waals surface area (Å²) < 4.78 is 12.9. The predicted molar refractivity (Wildman–Crippen MR) is 84.3 cm³/mol. The molecule has 1 aromatic rings. The van der Waals surface area contributed by atoms with Gasteiger partial charge in [0.2, 0.25) is 5.91 Å². The van der Waals surface area contributed by atoms with E-state index in [1.54, 1.807) is 4.90 Å². The monoisotopic (exact) mass is 322 g/mol. The zero-order valence-corrected chi connectivity index (χ0v) is 13.3. The lowest BCUT2D eigenvalue weighted by Gasteiger charge is -2.25. The van der Waals surface area contributed by atoms with Gasteiger partial charge in [0.05, 0.1) is 6.61 Å². The number of nitrogens with zero attached hydrogens (tertiary/aromatic N) is 1. The highest BCUT2D eigenvalue weighted by molar-refractivity contribution is 5.97. The summed E-state index contributed by atoms with van der Waals surface area (Å²) in [6.45, 7) is 2.99. The van der Waals surface area contributed by atoms with E-state index in [1.807, 2.05) is 0 Å². The molecule has 6 heteroatoms. The first-order valence-electron chi connectivity index (χ1n) is 7.97. The van der Waals surface area contributed by atoms with Crippen LogP contribution in [0.5, 0.6) is 0 Å². The van der Waals surface area contributed by atoms with Crippen LogP contribution in [0, 0.1) is 11.7 Å². The molecular weight excluding hydrogens is 299 g/mol. The van der Waals surface area contributed by atoms with Crippen LogP contribution in [-0.2, 0) is 4.79 Å². The van der Waals surface area contributed by atoms with Gasteiger partial charge >= 0.3 is 0 Å². The first-order chi connectivity index (χ1) is 11.0. The van der Waals surface area contributed by atoms with Crippen LogP contribution in [0.2, 0.25) is 0 Å². The van der Waals surface area contributed by atoms with Crippen LogP contribution in [0.1, 0.15) is 36.5 Å². The molecule has 2 amide bonds. The Bertz CT molecular complexity index is 547. The fourth-order valence-electron chi connectivity index (χ4n) is 2.73. The number of halogens is 1. The summed E-state index contributed by atoms with van der Waals surface area (Å²) >= 11 is 0. The molecule has 1 aliphatic rings. The van der Waals surface area contributed by atoms with E-state index in [4.69, 9.17) is 0 Å². The first kappa shape index (κ1) is 17.4. The summed E-state index contributed by atoms with van der Waals surface area (Å²) in [6.07, 6.45) is 2.93. The third-order valence-electron chi connectivity index (χ3n) is 4.22. The normalized spacial score (nSPS) is 19.8. The summed E-state index contributed by atoms with van der Waals surface area (Å²) in [4.78, 5) is 26.3. The van der Waals surface area contributed by atoms with Crippen molar-refractivity contribution in [3.8, 4) is 0 Å². The SMILES string of the molecule is CC1CCCN(C(=O)[C@H](CO)NC(=O)c2ccc(F)cc2)CC1. The smallest absolute Gasteiger partial charge is 0.251 e. The van der Waals surface area contributed by atoms with Crippen LogP contribution in [0.4, 0.5) is 4.39 Å². The Hall–Kier alpha value is -1.95. The van der Waals surface area contributed by atoms with Crippen molar-refractivity contribution in [2.75, 3.05) is 19.7 Å². The molecule has 5 nitrogen and oxygen atoms in total. The van der Waals surface area contributed by atoms with Crippen LogP contribution in [0.25, 0.3) is 0 Å². The standard InChI is InChI=1S/C17H23FN2O3/c1-12-3-2-9-20(10-8-12)17(23)15(11-21)19-16(22)13-4-6-14(18)7-5-13/h4-7,12,15,21H,2-3,8-11H2,1H3,(H,19,22)/t12?,15-/m0/s1. The highest BCUT2D eigenvalue weighted by atomic mass is 19.1. The molecule has 1 saturated heterocycles. The van der Waals surface area contributed by atoms with Crippen LogP contribution in [-0.4, -0.2) is 47.6 Å². The molecule has 23 heavy (non-hydrogen) atoms. The third-order valence-corrected chi connectivity index (χ3v) is 4.22. The molecule has 1 heterocycles. The summed E-state index contributed by atoms with van der Waals surface area (Å²) in [7, 11) is 0. The number of likely N-dealkylation sites (tertiary alicyclic amines) is 1. The number of aliphatic hydroxyl groups is 1. The van der Waals surface area contributed by atoms with Gasteiger partial charge in [-0.3, -0.25) is 9.59 Å². The van der Waals surface area contributed by atoms with E-state index >= 15 is 0 Å². The Labute approximate surface area is 135 Å². The van der Waals surface area contributed by atoms with Crippen LogP contribution in [0.15, 0.2) is 24.3 Å². The van der Waals surface area contributed by atoms with Gasteiger partial charge < -0.3 is 15.3 Å². The summed E-state index contributed by atoms with van der Waals surface area (Å²) in [5, 5.41) is 12.0. The quantitative estimate of drug-likeness (QED) is 0.884. The van der Waals surface area contributed by atoms with Crippen LogP contribution in [0.3, 0.4) is 0 Å². The van der Waals surface area contributed by atoms with Gasteiger partial charge in [-0.1, -0.05) is 6.92 Å². The number of aliphatic hydroxyl groups excluding tert-OH is 1. The minimum atomic E-state index is -0.971. The predicted octanol–water partition coefficient (Wildman–Crippen LogP) is 1.56. The zero-order chi connectivity index (χ0) is 16.8. The molecular formula is C17H23FN2O3. The Morgan fingerprint density at radius 2 is 2.00 bits per heavy atom. The third kappa shape index (κ3) is 4.76. The molecule has 1 aliphatic heterocycles. The fourth-order valence-corrected chi connectivity index (χ4v) is 2.73. The van der Waals surface area contributed by atoms with E-state index < -0.39 is 24.4 Å². The summed E-state index contributed by atoms with van der Waals surface area (Å²) in [6, 6.07) is 4.08. The minimum absolute atomic E-state index is 0.252. The van der Waals surface area contributed by atoms with Gasteiger partial charge in [0.25, 0.3) is 5.91 Å². The number of hydrogen-bond donors (Lipinski definition) is 2. The molecule has 2 atom stereocenters. The molecule has 2 N–H and O–H groups in total. The zero-order valence-electron chi connectivity index (χ0n) is 13.3. The van der Waals surface area contributed by atoms with Gasteiger partial charge in [-0.15, -0.1) is 0 Å². The van der Waals surface area contributed by atoms with Crippen LogP contribution < -0.4 is 5.32 Å². The highest BCUT2D eigenvalue weighted by Gasteiger charge is 2.27. The topological polar surface area (TPSA) is 69.6 Å². The maximum atomic E-state index is 12.9. The van der Waals surface area contributed by atoms with E-state index in [2.05, 4.69) is 12.2 Å². The van der Waals surface area contributed by atoms with Crippen molar-refractivity contribution in [2.24, 2.45) is 5.92 Å². The number of amides is 2. The van der Waals surface area contributed by atoms with Gasteiger partial charge in [-0.2, -0.15) is 0 Å². The largest absolute Gasteiger partial charge is 0.394 e. The van der Waals surface area contributed by atoms with Crippen LogP contribution >= 0.6 is 0 Å². The molecule has 0 bridgehead atoms. The molecule has 1 aromatic carbocycles. The molecule has 0 aliphatic carbocycles. The highest BCUT2D eigenvalue weighted by Crippen LogP contribution is 2.17. The Morgan fingerprint density at radius 1 is 1.30 bits per heavy atom. The number of nitrogens with one attached hydrogen (secondary N) is 1. The maximum Gasteiger partial charge on any atom is 0.251 e. The molecule has 0 radical (unpaired) electrons. The Morgan fingerprint density at radius 3 is 2.65 bits per heavy atom. The van der Waals surface area contributed by atoms with Gasteiger partial charge in [-0.05, 0) is 49.4 Å². The van der Waals surface area contributed by atoms with Crippen molar-refractivity contribution in [1.82, 2.24) is 10.2 Å². The second-order valence-electron chi connectivity index (χ2n) is 6.08. The van der Waals surface area contributed by atoms with E-state index in [0.29, 0.717) is 19.0 Å². The van der Waals surface area contributed by atoms with Crippen molar-refractivity contribution >= 4 is 11.8 Å². The average molecular weight is 322 g/mol. The van der Waals surface area contributed by atoms with Gasteiger partial charge in [0, 0.05) is 18.7 Å². The molecule has 0 saturated carbocycles. The molecule has 0 aromatic heterocycles. The van der Waals surface area contributed by atoms with Crippen molar-refractivity contribution in [2.45, 2.75) is 32.2 Å². The summed E-state index contributed by atoms with van der Waals surface area (Å²) in [5.74, 6) is -0.623.